The van der Waals surface area contributed by atoms with Crippen LogP contribution in [0, 0.1) is 0 Å². The number of anilines is 2. The summed E-state index contributed by atoms with van der Waals surface area (Å²) in [7, 11) is 0. The predicted octanol–water partition coefficient (Wildman–Crippen LogP) is -2.15. The first-order valence-electron chi connectivity index (χ1n) is 12.2. The monoisotopic (exact) mass is 652 g/mol. The zero-order valence-corrected chi connectivity index (χ0v) is 24.6. The Hall–Kier alpha value is -4.43. The number of aromatic nitrogens is 3. The maximum Gasteiger partial charge on any atom is 0.362 e. The number of hydrogen-bond acceptors (Lipinski definition) is 15. The fourth-order valence-electron chi connectivity index (χ4n) is 3.99. The van der Waals surface area contributed by atoms with E-state index in [1.807, 2.05) is 0 Å². The number of thiazole rings is 1. The van der Waals surface area contributed by atoms with Crippen molar-refractivity contribution in [3.63, 3.8) is 0 Å². The average Bonchev–Trinajstić information content (AvgIpc) is 3.36. The van der Waals surface area contributed by atoms with Crippen molar-refractivity contribution in [2.75, 3.05) is 23.0 Å². The van der Waals surface area contributed by atoms with Crippen molar-refractivity contribution in [2.45, 2.75) is 42.6 Å². The van der Waals surface area contributed by atoms with Gasteiger partial charge in [0.25, 0.3) is 11.8 Å². The molecular weight excluding hydrogens is 629 g/mol. The Bertz CT molecular complexity index is 1550. The van der Waals surface area contributed by atoms with Gasteiger partial charge in [0.2, 0.25) is 5.82 Å². The van der Waals surface area contributed by atoms with Crippen LogP contribution in [-0.2, 0) is 35.4 Å². The summed E-state index contributed by atoms with van der Waals surface area (Å²) in [6.45, 7) is 1.04. The normalized spacial score (nSPS) is 18.9. The third kappa shape index (κ3) is 7.32. The Balaban J connectivity index is 1.51. The number of nitrogens with two attached hydrogens (primary N) is 2. The van der Waals surface area contributed by atoms with Crippen molar-refractivity contribution in [3.8, 4) is 0 Å². The van der Waals surface area contributed by atoms with E-state index in [9.17, 15) is 29.1 Å². The fourth-order valence-corrected chi connectivity index (χ4v) is 7.02. The SMILES string of the molecule is CC(CC(=O)O)O/N=C(\C(=O)NC1C(=O)N2C(C(=O)[O-])=C(CSc3nc(N)cc[n+]3CC(=O)O)CS[C@H]12)c1csc(N)n1. The maximum absolute atomic E-state index is 13.2. The van der Waals surface area contributed by atoms with Gasteiger partial charge < -0.3 is 41.7 Å². The lowest BCUT2D eigenvalue weighted by Gasteiger charge is -2.50. The molecule has 2 aliphatic rings. The molecule has 0 saturated carbocycles. The van der Waals surface area contributed by atoms with Gasteiger partial charge in [0.15, 0.2) is 17.4 Å². The van der Waals surface area contributed by atoms with Crippen molar-refractivity contribution >= 4 is 81.2 Å². The predicted molar refractivity (Wildman–Crippen MR) is 150 cm³/mol. The number of thioether (sulfide) groups is 2. The molecule has 1 fully saturated rings. The van der Waals surface area contributed by atoms with Crippen LogP contribution >= 0.6 is 34.9 Å². The largest absolute Gasteiger partial charge is 0.543 e. The molecule has 7 N–H and O–H groups in total. The third-order valence-electron chi connectivity index (χ3n) is 5.87. The number of nitrogens with zero attached hydrogens (tertiary/aromatic N) is 5. The van der Waals surface area contributed by atoms with Crippen molar-refractivity contribution < 1.29 is 48.7 Å². The molecule has 228 valence electrons. The number of carboxylic acids is 3. The van der Waals surface area contributed by atoms with Crippen LogP contribution in [0.4, 0.5) is 10.9 Å². The quantitative estimate of drug-likeness (QED) is 0.0386. The second-order valence-electron chi connectivity index (χ2n) is 9.07. The number of β-lactam (4-membered cyclic amide) rings is 1. The van der Waals surface area contributed by atoms with E-state index >= 15 is 0 Å². The summed E-state index contributed by atoms with van der Waals surface area (Å²) in [5.74, 6) is -5.12. The van der Waals surface area contributed by atoms with E-state index in [2.05, 4.69) is 20.4 Å². The molecule has 0 spiro atoms. The summed E-state index contributed by atoms with van der Waals surface area (Å²) in [5, 5.41) is 37.5. The van der Waals surface area contributed by atoms with Gasteiger partial charge in [-0.15, -0.1) is 23.1 Å². The van der Waals surface area contributed by atoms with Crippen molar-refractivity contribution in [2.24, 2.45) is 5.16 Å². The van der Waals surface area contributed by atoms with Crippen LogP contribution < -0.4 is 26.5 Å². The summed E-state index contributed by atoms with van der Waals surface area (Å²) >= 11 is 3.26. The number of oxime groups is 1. The number of carboxylic acid groups (broad SMARTS) is 3. The summed E-state index contributed by atoms with van der Waals surface area (Å²) < 4.78 is 1.34. The van der Waals surface area contributed by atoms with Crippen molar-refractivity contribution in [1.82, 2.24) is 20.2 Å². The highest BCUT2D eigenvalue weighted by Gasteiger charge is 2.53. The van der Waals surface area contributed by atoms with E-state index < -0.39 is 60.2 Å². The molecule has 0 aliphatic carbocycles. The Kier molecular flexibility index (Phi) is 9.71. The van der Waals surface area contributed by atoms with Gasteiger partial charge >= 0.3 is 17.1 Å². The van der Waals surface area contributed by atoms with E-state index in [4.69, 9.17) is 26.5 Å². The highest BCUT2D eigenvalue weighted by Crippen LogP contribution is 2.41. The molecular formula is C23H24N8O9S3. The summed E-state index contributed by atoms with van der Waals surface area (Å²) in [4.78, 5) is 74.9. The molecule has 2 aromatic rings. The molecule has 2 amide bonds. The highest BCUT2D eigenvalue weighted by atomic mass is 32.2. The smallest absolute Gasteiger partial charge is 0.362 e. The summed E-state index contributed by atoms with van der Waals surface area (Å²) in [6.07, 6.45) is 0.165. The Morgan fingerprint density at radius 2 is 2.05 bits per heavy atom. The molecule has 0 radical (unpaired) electrons. The van der Waals surface area contributed by atoms with Gasteiger partial charge in [-0.3, -0.25) is 19.3 Å². The van der Waals surface area contributed by atoms with E-state index in [1.165, 1.54) is 40.9 Å². The van der Waals surface area contributed by atoms with Crippen LogP contribution in [0.3, 0.4) is 0 Å². The molecule has 20 heteroatoms. The van der Waals surface area contributed by atoms with Crippen molar-refractivity contribution in [1.29, 1.82) is 0 Å². The first-order chi connectivity index (χ1) is 20.3. The molecule has 2 unspecified atom stereocenters. The van der Waals surface area contributed by atoms with Crippen LogP contribution in [0.15, 0.2) is 39.2 Å². The van der Waals surface area contributed by atoms with E-state index in [-0.39, 0.29) is 44.7 Å². The number of aliphatic carboxylic acids is 3. The maximum atomic E-state index is 13.2. The number of nitrogen functional groups attached to an aromatic ring is 2. The Morgan fingerprint density at radius 1 is 1.30 bits per heavy atom. The van der Waals surface area contributed by atoms with Gasteiger partial charge in [-0.1, -0.05) is 5.16 Å². The number of nitrogens with one attached hydrogen (secondary N) is 1. The van der Waals surface area contributed by atoms with Gasteiger partial charge in [0, 0.05) is 23.0 Å². The zero-order chi connectivity index (χ0) is 31.4. The van der Waals surface area contributed by atoms with E-state index in [0.29, 0.717) is 5.57 Å². The number of fused-ring (bicyclic) bond motifs is 1. The number of carbonyl (C=O) groups excluding carboxylic acids is 3. The van der Waals surface area contributed by atoms with Crippen LogP contribution in [-0.4, -0.2) is 89.5 Å². The molecule has 2 aromatic heterocycles. The number of hydrogen-bond donors (Lipinski definition) is 5. The first kappa shape index (κ1) is 31.5. The molecule has 4 heterocycles. The van der Waals surface area contributed by atoms with Crippen LogP contribution in [0.1, 0.15) is 19.0 Å². The van der Waals surface area contributed by atoms with Crippen LogP contribution in [0.2, 0.25) is 0 Å². The highest BCUT2D eigenvalue weighted by molar-refractivity contribution is 8.01. The number of rotatable bonds is 13. The van der Waals surface area contributed by atoms with Gasteiger partial charge in [-0.25, -0.2) is 14.3 Å². The van der Waals surface area contributed by atoms with E-state index in [1.54, 1.807) is 0 Å². The van der Waals surface area contributed by atoms with Gasteiger partial charge in [-0.05, 0) is 29.2 Å². The second-order valence-corrected chi connectivity index (χ2v) is 12.0. The Labute approximate surface area is 255 Å². The minimum atomic E-state index is -1.60. The molecule has 1 saturated heterocycles. The molecule has 0 aromatic carbocycles. The topological polar surface area (TPSA) is 267 Å². The van der Waals surface area contributed by atoms with Gasteiger partial charge in [0.1, 0.15) is 23.2 Å². The van der Waals surface area contributed by atoms with Crippen LogP contribution in [0.25, 0.3) is 0 Å². The van der Waals surface area contributed by atoms with Gasteiger partial charge in [-0.2, -0.15) is 0 Å². The average molecular weight is 653 g/mol. The fraction of sp³-hybridized carbons (Fsp3) is 0.348. The molecule has 0 bridgehead atoms. The van der Waals surface area contributed by atoms with Crippen LogP contribution in [0.5, 0.6) is 0 Å². The minimum absolute atomic E-state index is 0.0346. The standard InChI is InChI=1S/C23H24N8O9S3/c1-9(4-13(32)33)40-29-15(11-8-42-22(25)26-11)18(36)28-16-19(37)31-17(21(38)39)10(6-41-20(16)31)7-43-23-27-12(24)2-3-30(23)5-14(34)35/h2-3,8-9,16,20,24H,4-7H2,1H3,(H6,25,26,28,32,33,34,35,36,38,39)/b29-15-/t9?,16?,20-/m1/s1. The summed E-state index contributed by atoms with van der Waals surface area (Å²) in [6, 6.07) is 0.294. The molecule has 2 aliphatic heterocycles. The lowest BCUT2D eigenvalue weighted by Crippen LogP contribution is -2.71. The number of amides is 2. The van der Waals surface area contributed by atoms with E-state index in [0.717, 1.165) is 28.0 Å². The third-order valence-corrected chi connectivity index (χ3v) is 8.96. The molecule has 17 nitrogen and oxygen atoms in total. The summed E-state index contributed by atoms with van der Waals surface area (Å²) in [5.41, 5.74) is 11.1. The minimum Gasteiger partial charge on any atom is -0.543 e. The van der Waals surface area contributed by atoms with Gasteiger partial charge in [0.05, 0.1) is 24.3 Å². The van der Waals surface area contributed by atoms with Crippen molar-refractivity contribution in [3.05, 3.63) is 34.6 Å². The lowest BCUT2D eigenvalue weighted by atomic mass is 10.0. The Morgan fingerprint density at radius 3 is 2.67 bits per heavy atom. The second kappa shape index (κ2) is 13.3. The molecule has 4 rings (SSSR count). The molecule has 3 atom stereocenters. The first-order valence-corrected chi connectivity index (χ1v) is 15.1. The lowest BCUT2D eigenvalue weighted by molar-refractivity contribution is -0.726. The molecule has 43 heavy (non-hydrogen) atoms. The zero-order valence-electron chi connectivity index (χ0n) is 22.2. The number of carbonyl (C=O) groups is 5.